The molecule has 0 N–H and O–H groups in total. The number of halogens is 2. The molecule has 0 saturated carbocycles. The van der Waals surface area contributed by atoms with Crippen molar-refractivity contribution in [3.05, 3.63) is 53.1 Å². The molecule has 0 spiro atoms. The van der Waals surface area contributed by atoms with Gasteiger partial charge in [0.25, 0.3) is 0 Å². The number of methoxy groups -OCH3 is 1. The lowest BCUT2D eigenvalue weighted by molar-refractivity contribution is -0.117. The molecule has 1 amide bonds. The lowest BCUT2D eigenvalue weighted by Gasteiger charge is -2.17. The van der Waals surface area contributed by atoms with Gasteiger partial charge in [-0.15, -0.1) is 0 Å². The number of rotatable bonds is 6. The van der Waals surface area contributed by atoms with Gasteiger partial charge in [-0.3, -0.25) is 4.79 Å². The Morgan fingerprint density at radius 2 is 2.06 bits per heavy atom. The fourth-order valence-corrected chi connectivity index (χ4v) is 3.65. The van der Waals surface area contributed by atoms with Crippen LogP contribution in [0.25, 0.3) is 11.4 Å². The molecular weight excluding hydrogens is 425 g/mol. The summed E-state index contributed by atoms with van der Waals surface area (Å²) in [6, 6.07) is 9.92. The average molecular weight is 446 g/mol. The smallest absolute Gasteiger partial charge is 0.232 e. The highest BCUT2D eigenvalue weighted by Crippen LogP contribution is 2.36. The molecule has 1 aliphatic rings. The first kappa shape index (κ1) is 21.1. The molecule has 9 heteroatoms. The van der Waals surface area contributed by atoms with Crippen molar-refractivity contribution < 1.29 is 23.2 Å². The normalized spacial score (nSPS) is 16.3. The molecule has 1 atom stereocenters. The molecule has 1 saturated heterocycles. The van der Waals surface area contributed by atoms with Crippen molar-refractivity contribution in [2.45, 2.75) is 32.3 Å². The van der Waals surface area contributed by atoms with E-state index < -0.39 is 5.82 Å². The third-order valence-electron chi connectivity index (χ3n) is 4.92. The topological polar surface area (TPSA) is 77.7 Å². The van der Waals surface area contributed by atoms with E-state index in [1.165, 1.54) is 17.0 Å². The number of anilines is 1. The quantitative estimate of drug-likeness (QED) is 0.540. The molecular formula is C22H21ClFN3O4. The fraction of sp³-hybridized carbons (Fsp3) is 0.318. The van der Waals surface area contributed by atoms with Crippen LogP contribution in [0.15, 0.2) is 40.9 Å². The SMILES string of the molecule is COc1cc(-c2noc(C3CC(=O)N(c4cccc(Cl)c4F)C3)n2)ccc1OC(C)C. The lowest BCUT2D eigenvalue weighted by Crippen LogP contribution is -2.25. The highest BCUT2D eigenvalue weighted by molar-refractivity contribution is 6.31. The third-order valence-corrected chi connectivity index (χ3v) is 5.21. The maximum atomic E-state index is 14.4. The van der Waals surface area contributed by atoms with Crippen molar-refractivity contribution in [1.82, 2.24) is 10.1 Å². The number of hydrogen-bond donors (Lipinski definition) is 0. The number of carbonyl (C=O) groups excluding carboxylic acids is 1. The van der Waals surface area contributed by atoms with E-state index in [0.29, 0.717) is 28.8 Å². The van der Waals surface area contributed by atoms with Crippen LogP contribution in [0.3, 0.4) is 0 Å². The Morgan fingerprint density at radius 1 is 1.26 bits per heavy atom. The summed E-state index contributed by atoms with van der Waals surface area (Å²) in [5.41, 5.74) is 0.829. The fourth-order valence-electron chi connectivity index (χ4n) is 3.48. The molecule has 2 heterocycles. The van der Waals surface area contributed by atoms with Gasteiger partial charge in [-0.05, 0) is 44.2 Å². The monoisotopic (exact) mass is 445 g/mol. The summed E-state index contributed by atoms with van der Waals surface area (Å²) in [7, 11) is 1.56. The molecule has 0 bridgehead atoms. The Bertz CT molecular complexity index is 1120. The van der Waals surface area contributed by atoms with E-state index in [-0.39, 0.29) is 41.6 Å². The first-order chi connectivity index (χ1) is 14.9. The number of amides is 1. The van der Waals surface area contributed by atoms with Gasteiger partial charge in [0.2, 0.25) is 17.6 Å². The second-order valence-electron chi connectivity index (χ2n) is 7.47. The van der Waals surface area contributed by atoms with E-state index in [0.717, 1.165) is 0 Å². The van der Waals surface area contributed by atoms with Crippen LogP contribution < -0.4 is 14.4 Å². The van der Waals surface area contributed by atoms with Gasteiger partial charge in [-0.2, -0.15) is 4.98 Å². The number of hydrogen-bond acceptors (Lipinski definition) is 6. The summed E-state index contributed by atoms with van der Waals surface area (Å²) in [4.78, 5) is 18.3. The van der Waals surface area contributed by atoms with Gasteiger partial charge in [0.05, 0.1) is 29.8 Å². The van der Waals surface area contributed by atoms with Crippen LogP contribution in [0.4, 0.5) is 10.1 Å². The van der Waals surface area contributed by atoms with Gasteiger partial charge < -0.3 is 18.9 Å². The van der Waals surface area contributed by atoms with Gasteiger partial charge in [0.15, 0.2) is 17.3 Å². The maximum absolute atomic E-state index is 14.4. The number of aromatic nitrogens is 2. The Balaban J connectivity index is 1.56. The number of benzene rings is 2. The van der Waals surface area contributed by atoms with Crippen molar-refractivity contribution in [2.75, 3.05) is 18.6 Å². The standard InChI is InChI=1S/C22H21ClFN3O4/c1-12(2)30-17-8-7-13(9-18(17)29-3)21-25-22(31-26-21)14-10-19(28)27(11-14)16-6-4-5-15(23)20(16)24/h4-9,12,14H,10-11H2,1-3H3. The van der Waals surface area contributed by atoms with Gasteiger partial charge in [-0.1, -0.05) is 22.8 Å². The summed E-state index contributed by atoms with van der Waals surface area (Å²) in [6.07, 6.45) is 0.140. The van der Waals surface area contributed by atoms with E-state index in [4.69, 9.17) is 25.6 Å². The first-order valence-electron chi connectivity index (χ1n) is 9.80. The second-order valence-corrected chi connectivity index (χ2v) is 7.87. The lowest BCUT2D eigenvalue weighted by atomic mass is 10.1. The highest BCUT2D eigenvalue weighted by atomic mass is 35.5. The van der Waals surface area contributed by atoms with E-state index in [9.17, 15) is 9.18 Å². The molecule has 1 fully saturated rings. The highest BCUT2D eigenvalue weighted by Gasteiger charge is 2.36. The molecule has 162 valence electrons. The average Bonchev–Trinajstić information content (AvgIpc) is 3.37. The summed E-state index contributed by atoms with van der Waals surface area (Å²) >= 11 is 5.86. The summed E-state index contributed by atoms with van der Waals surface area (Å²) < 4.78 is 30.9. The molecule has 31 heavy (non-hydrogen) atoms. The molecule has 0 aliphatic carbocycles. The minimum atomic E-state index is -0.625. The van der Waals surface area contributed by atoms with E-state index >= 15 is 0 Å². The third kappa shape index (κ3) is 4.20. The second kappa shape index (κ2) is 8.55. The number of carbonyl (C=O) groups is 1. The Hall–Kier alpha value is -3.13. The van der Waals surface area contributed by atoms with Crippen molar-refractivity contribution >= 4 is 23.2 Å². The molecule has 0 radical (unpaired) electrons. The van der Waals surface area contributed by atoms with Crippen LogP contribution in [0, 0.1) is 5.82 Å². The van der Waals surface area contributed by atoms with Crippen LogP contribution in [-0.4, -0.2) is 35.8 Å². The Labute approximate surface area is 183 Å². The van der Waals surface area contributed by atoms with Gasteiger partial charge >= 0.3 is 0 Å². The van der Waals surface area contributed by atoms with Crippen LogP contribution in [0.2, 0.25) is 5.02 Å². The minimum Gasteiger partial charge on any atom is -0.493 e. The molecule has 1 aromatic heterocycles. The summed E-state index contributed by atoms with van der Waals surface area (Å²) in [5.74, 6) is 0.640. The largest absolute Gasteiger partial charge is 0.493 e. The minimum absolute atomic E-state index is 0.00344. The zero-order chi connectivity index (χ0) is 22.1. The Kier molecular flexibility index (Phi) is 5.82. The van der Waals surface area contributed by atoms with Crippen LogP contribution in [0.5, 0.6) is 11.5 Å². The molecule has 3 aromatic rings. The molecule has 4 rings (SSSR count). The Morgan fingerprint density at radius 3 is 2.81 bits per heavy atom. The van der Waals surface area contributed by atoms with Gasteiger partial charge in [0, 0.05) is 18.5 Å². The molecule has 1 aliphatic heterocycles. The van der Waals surface area contributed by atoms with Crippen molar-refractivity contribution in [3.63, 3.8) is 0 Å². The van der Waals surface area contributed by atoms with Gasteiger partial charge in [0.1, 0.15) is 0 Å². The van der Waals surface area contributed by atoms with Crippen molar-refractivity contribution in [2.24, 2.45) is 0 Å². The number of nitrogens with zero attached hydrogens (tertiary/aromatic N) is 3. The summed E-state index contributed by atoms with van der Waals surface area (Å²) in [5, 5.41) is 4.01. The van der Waals surface area contributed by atoms with Crippen LogP contribution >= 0.6 is 11.6 Å². The van der Waals surface area contributed by atoms with Gasteiger partial charge in [-0.25, -0.2) is 4.39 Å². The molecule has 2 aromatic carbocycles. The van der Waals surface area contributed by atoms with Crippen LogP contribution in [0.1, 0.15) is 32.1 Å². The zero-order valence-corrected chi connectivity index (χ0v) is 18.0. The van der Waals surface area contributed by atoms with E-state index in [2.05, 4.69) is 10.1 Å². The van der Waals surface area contributed by atoms with Crippen LogP contribution in [-0.2, 0) is 4.79 Å². The zero-order valence-electron chi connectivity index (χ0n) is 17.3. The first-order valence-corrected chi connectivity index (χ1v) is 10.2. The van der Waals surface area contributed by atoms with E-state index in [1.807, 2.05) is 19.9 Å². The predicted molar refractivity (Wildman–Crippen MR) is 113 cm³/mol. The molecule has 7 nitrogen and oxygen atoms in total. The van der Waals surface area contributed by atoms with E-state index in [1.54, 1.807) is 25.3 Å². The molecule has 1 unspecified atom stereocenters. The predicted octanol–water partition coefficient (Wildman–Crippen LogP) is 4.85. The maximum Gasteiger partial charge on any atom is 0.232 e. The number of ether oxygens (including phenoxy) is 2. The summed E-state index contributed by atoms with van der Waals surface area (Å²) in [6.45, 7) is 4.09. The van der Waals surface area contributed by atoms with Crippen molar-refractivity contribution in [3.8, 4) is 22.9 Å². The van der Waals surface area contributed by atoms with Crippen molar-refractivity contribution in [1.29, 1.82) is 0 Å².